The molecule has 5 nitrogen and oxygen atoms in total. The van der Waals surface area contributed by atoms with Crippen molar-refractivity contribution < 1.29 is 4.42 Å². The molecule has 0 aliphatic rings. The predicted molar refractivity (Wildman–Crippen MR) is 143 cm³/mol. The van der Waals surface area contributed by atoms with Crippen LogP contribution in [-0.2, 0) is 0 Å². The fraction of sp³-hybridized carbons (Fsp3) is 0. The van der Waals surface area contributed by atoms with Crippen molar-refractivity contribution in [2.75, 3.05) is 0 Å². The van der Waals surface area contributed by atoms with Crippen molar-refractivity contribution in [3.63, 3.8) is 0 Å². The highest BCUT2D eigenvalue weighted by atomic mass is 79.9. The zero-order valence-corrected chi connectivity index (χ0v) is 20.0. The summed E-state index contributed by atoms with van der Waals surface area (Å²) in [4.78, 5) is 14.7. The number of aromatic nitrogens is 4. The Balaban J connectivity index is 1.60. The number of halogens is 1. The summed E-state index contributed by atoms with van der Waals surface area (Å²) in [5.41, 5.74) is 4.36. The number of rotatable bonds is 3. The molecule has 0 spiro atoms. The van der Waals surface area contributed by atoms with Crippen LogP contribution in [0.15, 0.2) is 112 Å². The number of nitrogens with zero attached hydrogens (tertiary/aromatic N) is 4. The standard InChI is InChI=1S/C29H17BrN4O/c30-20-15-16-23-22(17-20)25-21-13-7-8-14-24(21)35-28(25)34(23)29-32-26(18-9-3-1-4-10-18)31-27(33-29)19-11-5-2-6-12-19/h1-17H. The molecule has 166 valence electrons. The minimum atomic E-state index is 0.513. The highest BCUT2D eigenvalue weighted by Gasteiger charge is 2.22. The van der Waals surface area contributed by atoms with Crippen LogP contribution in [-0.4, -0.2) is 19.5 Å². The Morgan fingerprint density at radius 3 is 1.94 bits per heavy atom. The first-order valence-electron chi connectivity index (χ1n) is 11.2. The third-order valence-corrected chi connectivity index (χ3v) is 6.63. The van der Waals surface area contributed by atoms with E-state index >= 15 is 0 Å². The molecule has 0 atom stereocenters. The maximum absolute atomic E-state index is 6.40. The molecule has 35 heavy (non-hydrogen) atoms. The summed E-state index contributed by atoms with van der Waals surface area (Å²) >= 11 is 3.64. The van der Waals surface area contributed by atoms with Gasteiger partial charge in [0.25, 0.3) is 0 Å². The quantitative estimate of drug-likeness (QED) is 0.240. The first-order chi connectivity index (χ1) is 17.3. The van der Waals surface area contributed by atoms with Crippen molar-refractivity contribution in [2.45, 2.75) is 0 Å². The minimum absolute atomic E-state index is 0.513. The Labute approximate surface area is 208 Å². The molecule has 0 saturated heterocycles. The summed E-state index contributed by atoms with van der Waals surface area (Å²) in [6.07, 6.45) is 0. The number of fused-ring (bicyclic) bond motifs is 5. The zero-order chi connectivity index (χ0) is 23.4. The van der Waals surface area contributed by atoms with E-state index in [4.69, 9.17) is 19.4 Å². The van der Waals surface area contributed by atoms with Gasteiger partial charge in [0.05, 0.1) is 10.9 Å². The minimum Gasteiger partial charge on any atom is -0.439 e. The lowest BCUT2D eigenvalue weighted by Gasteiger charge is -2.10. The zero-order valence-electron chi connectivity index (χ0n) is 18.4. The summed E-state index contributed by atoms with van der Waals surface area (Å²) in [5, 5.41) is 3.17. The molecule has 7 rings (SSSR count). The molecule has 3 aromatic heterocycles. The van der Waals surface area contributed by atoms with Crippen LogP contribution in [0, 0.1) is 0 Å². The van der Waals surface area contributed by atoms with E-state index in [2.05, 4.69) is 34.1 Å². The molecule has 6 heteroatoms. The molecule has 3 heterocycles. The van der Waals surface area contributed by atoms with Crippen LogP contribution < -0.4 is 0 Å². The average Bonchev–Trinajstić information content (AvgIpc) is 3.44. The second-order valence-corrected chi connectivity index (χ2v) is 9.21. The van der Waals surface area contributed by atoms with Gasteiger partial charge in [0.2, 0.25) is 11.7 Å². The maximum atomic E-state index is 6.40. The first-order valence-corrected chi connectivity index (χ1v) is 12.0. The monoisotopic (exact) mass is 516 g/mol. The van der Waals surface area contributed by atoms with Crippen LogP contribution in [0.5, 0.6) is 0 Å². The first kappa shape index (κ1) is 20.1. The van der Waals surface area contributed by atoms with Gasteiger partial charge in [-0.15, -0.1) is 0 Å². The number of hydrogen-bond donors (Lipinski definition) is 0. The summed E-state index contributed by atoms with van der Waals surface area (Å²) in [6.45, 7) is 0. The molecule has 0 aliphatic heterocycles. The predicted octanol–water partition coefficient (Wildman–Crippen LogP) is 7.81. The van der Waals surface area contributed by atoms with Gasteiger partial charge >= 0.3 is 0 Å². The number of hydrogen-bond acceptors (Lipinski definition) is 4. The van der Waals surface area contributed by atoms with E-state index in [1.54, 1.807) is 0 Å². The van der Waals surface area contributed by atoms with Crippen LogP contribution in [0.25, 0.3) is 61.7 Å². The Morgan fingerprint density at radius 2 is 1.26 bits per heavy atom. The molecule has 0 aliphatic carbocycles. The second-order valence-electron chi connectivity index (χ2n) is 8.29. The highest BCUT2D eigenvalue weighted by Crippen LogP contribution is 2.39. The van der Waals surface area contributed by atoms with Crippen molar-refractivity contribution in [2.24, 2.45) is 0 Å². The van der Waals surface area contributed by atoms with E-state index in [1.807, 2.05) is 89.5 Å². The Kier molecular flexibility index (Phi) is 4.53. The lowest BCUT2D eigenvalue weighted by molar-refractivity contribution is 0.641. The highest BCUT2D eigenvalue weighted by molar-refractivity contribution is 9.10. The van der Waals surface area contributed by atoms with E-state index in [-0.39, 0.29) is 0 Å². The van der Waals surface area contributed by atoms with Crippen molar-refractivity contribution in [1.29, 1.82) is 0 Å². The lowest BCUT2D eigenvalue weighted by Crippen LogP contribution is -2.06. The number of benzene rings is 4. The van der Waals surface area contributed by atoms with Crippen LogP contribution in [0.1, 0.15) is 0 Å². The lowest BCUT2D eigenvalue weighted by atomic mass is 10.1. The van der Waals surface area contributed by atoms with Gasteiger partial charge in [-0.3, -0.25) is 0 Å². The maximum Gasteiger partial charge on any atom is 0.241 e. The van der Waals surface area contributed by atoms with Crippen LogP contribution in [0.3, 0.4) is 0 Å². The van der Waals surface area contributed by atoms with E-state index in [0.717, 1.165) is 42.9 Å². The van der Waals surface area contributed by atoms with Crippen molar-refractivity contribution in [3.8, 4) is 28.7 Å². The average molecular weight is 517 g/mol. The van der Waals surface area contributed by atoms with Gasteiger partial charge in [-0.25, -0.2) is 9.55 Å². The number of para-hydroxylation sites is 1. The van der Waals surface area contributed by atoms with Crippen molar-refractivity contribution >= 4 is 48.9 Å². The van der Waals surface area contributed by atoms with Gasteiger partial charge in [-0.2, -0.15) is 9.97 Å². The smallest absolute Gasteiger partial charge is 0.241 e. The molecule has 0 unspecified atom stereocenters. The summed E-state index contributed by atoms with van der Waals surface area (Å²) in [5.74, 6) is 1.73. The van der Waals surface area contributed by atoms with E-state index < -0.39 is 0 Å². The van der Waals surface area contributed by atoms with E-state index in [1.165, 1.54) is 0 Å². The third kappa shape index (κ3) is 3.26. The Morgan fingerprint density at radius 1 is 0.629 bits per heavy atom. The molecule has 0 saturated carbocycles. The molecule has 0 radical (unpaired) electrons. The normalized spacial score (nSPS) is 11.6. The summed E-state index contributed by atoms with van der Waals surface area (Å²) in [6, 6.07) is 34.3. The molecule has 0 bridgehead atoms. The molecular formula is C29H17BrN4O. The van der Waals surface area contributed by atoms with Gasteiger partial charge in [-0.05, 0) is 24.3 Å². The second kappa shape index (κ2) is 7.89. The molecular weight excluding hydrogens is 500 g/mol. The van der Waals surface area contributed by atoms with Gasteiger partial charge in [0.15, 0.2) is 11.6 Å². The van der Waals surface area contributed by atoms with Gasteiger partial charge in [0, 0.05) is 26.4 Å². The van der Waals surface area contributed by atoms with Gasteiger partial charge in [-0.1, -0.05) is 94.8 Å². The molecule has 4 aromatic carbocycles. The van der Waals surface area contributed by atoms with E-state index in [0.29, 0.717) is 23.3 Å². The number of furan rings is 1. The van der Waals surface area contributed by atoms with Crippen molar-refractivity contribution in [1.82, 2.24) is 19.5 Å². The SMILES string of the molecule is Brc1ccc2c(c1)c1c3ccccc3oc1n2-c1nc(-c2ccccc2)nc(-c2ccccc2)n1. The van der Waals surface area contributed by atoms with Crippen LogP contribution >= 0.6 is 15.9 Å². The van der Waals surface area contributed by atoms with E-state index in [9.17, 15) is 0 Å². The fourth-order valence-electron chi connectivity index (χ4n) is 4.56. The Bertz CT molecular complexity index is 1800. The Hall–Kier alpha value is -4.29. The van der Waals surface area contributed by atoms with Gasteiger partial charge < -0.3 is 4.42 Å². The third-order valence-electron chi connectivity index (χ3n) is 6.14. The van der Waals surface area contributed by atoms with Gasteiger partial charge in [0.1, 0.15) is 5.58 Å². The van der Waals surface area contributed by atoms with Crippen LogP contribution in [0.4, 0.5) is 0 Å². The molecule has 7 aromatic rings. The summed E-state index contributed by atoms with van der Waals surface area (Å²) < 4.78 is 9.40. The topological polar surface area (TPSA) is 56.7 Å². The fourth-order valence-corrected chi connectivity index (χ4v) is 4.92. The molecule has 0 fully saturated rings. The van der Waals surface area contributed by atoms with Crippen LogP contribution in [0.2, 0.25) is 0 Å². The largest absolute Gasteiger partial charge is 0.439 e. The molecule has 0 amide bonds. The summed E-state index contributed by atoms with van der Waals surface area (Å²) in [7, 11) is 0. The molecule has 0 N–H and O–H groups in total. The van der Waals surface area contributed by atoms with Crippen molar-refractivity contribution in [3.05, 3.63) is 108 Å².